The Balaban J connectivity index is 1.80. The van der Waals surface area contributed by atoms with Gasteiger partial charge in [-0.1, -0.05) is 67.4 Å². The topological polar surface area (TPSA) is 50.7 Å². The van der Waals surface area contributed by atoms with Gasteiger partial charge >= 0.3 is 0 Å². The molecule has 0 aliphatic rings. The molecule has 0 unspecified atom stereocenters. The first-order valence-electron chi connectivity index (χ1n) is 8.47. The van der Waals surface area contributed by atoms with Gasteiger partial charge in [-0.25, -0.2) is 5.43 Å². The highest BCUT2D eigenvalue weighted by Gasteiger charge is 2.09. The van der Waals surface area contributed by atoms with E-state index in [9.17, 15) is 4.79 Å². The van der Waals surface area contributed by atoms with Crippen molar-refractivity contribution in [3.05, 3.63) is 64.1 Å². The molecule has 2 rings (SSSR count). The Morgan fingerprint density at radius 1 is 1.15 bits per heavy atom. The molecule has 0 spiro atoms. The molecule has 0 aliphatic heterocycles. The van der Waals surface area contributed by atoms with Gasteiger partial charge in [0.05, 0.1) is 17.3 Å². The Morgan fingerprint density at radius 2 is 1.88 bits per heavy atom. The van der Waals surface area contributed by atoms with Crippen LogP contribution in [0.25, 0.3) is 0 Å². The molecular formula is C20H22Cl2N2O2. The summed E-state index contributed by atoms with van der Waals surface area (Å²) in [7, 11) is 0. The van der Waals surface area contributed by atoms with E-state index in [1.165, 1.54) is 0 Å². The Labute approximate surface area is 164 Å². The van der Waals surface area contributed by atoms with Gasteiger partial charge in [-0.05, 0) is 36.1 Å². The fraction of sp³-hybridized carbons (Fsp3) is 0.300. The third-order valence-corrected chi connectivity index (χ3v) is 4.15. The molecule has 1 amide bonds. The van der Waals surface area contributed by atoms with E-state index in [0.29, 0.717) is 35.2 Å². The van der Waals surface area contributed by atoms with Crippen molar-refractivity contribution in [2.45, 2.75) is 26.7 Å². The molecule has 2 aromatic rings. The van der Waals surface area contributed by atoms with Crippen molar-refractivity contribution < 1.29 is 9.53 Å². The molecule has 0 aromatic heterocycles. The number of hydrazone groups is 1. The van der Waals surface area contributed by atoms with E-state index in [0.717, 1.165) is 11.3 Å². The van der Waals surface area contributed by atoms with Crippen LogP contribution in [0.5, 0.6) is 5.75 Å². The number of hydrogen-bond acceptors (Lipinski definition) is 3. The van der Waals surface area contributed by atoms with Crippen molar-refractivity contribution in [3.63, 3.8) is 0 Å². The molecule has 0 bridgehead atoms. The fourth-order valence-corrected chi connectivity index (χ4v) is 2.78. The van der Waals surface area contributed by atoms with Crippen molar-refractivity contribution in [1.82, 2.24) is 5.43 Å². The highest BCUT2D eigenvalue weighted by Crippen LogP contribution is 2.27. The first-order valence-corrected chi connectivity index (χ1v) is 9.22. The second-order valence-electron chi connectivity index (χ2n) is 6.08. The predicted octanol–water partition coefficient (Wildman–Crippen LogP) is 5.33. The van der Waals surface area contributed by atoms with E-state index in [-0.39, 0.29) is 11.8 Å². The maximum Gasteiger partial charge on any atom is 0.240 e. The lowest BCUT2D eigenvalue weighted by Crippen LogP contribution is -2.22. The summed E-state index contributed by atoms with van der Waals surface area (Å²) in [6.07, 6.45) is 0.873. The van der Waals surface area contributed by atoms with Crippen LogP contribution in [-0.4, -0.2) is 18.2 Å². The average molecular weight is 393 g/mol. The van der Waals surface area contributed by atoms with E-state index >= 15 is 0 Å². The van der Waals surface area contributed by atoms with Crippen LogP contribution in [0.2, 0.25) is 10.0 Å². The molecule has 0 heterocycles. The van der Waals surface area contributed by atoms with E-state index in [1.54, 1.807) is 18.2 Å². The Bertz CT molecular complexity index is 762. The van der Waals surface area contributed by atoms with E-state index in [2.05, 4.69) is 10.5 Å². The number of hydrogen-bond donors (Lipinski definition) is 1. The number of carbonyl (C=O) groups is 1. The number of halogens is 2. The molecule has 0 saturated heterocycles. The van der Waals surface area contributed by atoms with Gasteiger partial charge in [-0.2, -0.15) is 5.10 Å². The molecule has 0 fully saturated rings. The summed E-state index contributed by atoms with van der Waals surface area (Å²) in [6.45, 7) is 4.47. The molecule has 0 saturated carbocycles. The monoisotopic (exact) mass is 392 g/mol. The van der Waals surface area contributed by atoms with Gasteiger partial charge in [0.15, 0.2) is 0 Å². The molecule has 0 radical (unpaired) electrons. The van der Waals surface area contributed by atoms with Gasteiger partial charge in [-0.3, -0.25) is 4.79 Å². The Morgan fingerprint density at radius 3 is 2.54 bits per heavy atom. The summed E-state index contributed by atoms with van der Waals surface area (Å²) in [4.78, 5) is 12.0. The summed E-state index contributed by atoms with van der Waals surface area (Å²) >= 11 is 11.9. The summed E-state index contributed by atoms with van der Waals surface area (Å²) in [5.74, 6) is 0.610. The predicted molar refractivity (Wildman–Crippen MR) is 107 cm³/mol. The lowest BCUT2D eigenvalue weighted by atomic mass is 10.0. The minimum atomic E-state index is -0.148. The first kappa shape index (κ1) is 20.3. The maximum absolute atomic E-state index is 12.0. The molecule has 2 aromatic carbocycles. The SMILES string of the molecule is CC(C)/C(=N/NC(=O)CCCOc1ccc(Cl)cc1Cl)c1ccccc1. The van der Waals surface area contributed by atoms with Crippen LogP contribution < -0.4 is 10.2 Å². The lowest BCUT2D eigenvalue weighted by Gasteiger charge is -2.11. The quantitative estimate of drug-likeness (QED) is 0.375. The molecular weight excluding hydrogens is 371 g/mol. The van der Waals surface area contributed by atoms with Gasteiger partial charge in [-0.15, -0.1) is 0 Å². The Kier molecular flexibility index (Phi) is 7.95. The fourth-order valence-electron chi connectivity index (χ4n) is 2.32. The number of nitrogens with zero attached hydrogens (tertiary/aromatic N) is 1. The third-order valence-electron chi connectivity index (χ3n) is 3.62. The molecule has 138 valence electrons. The van der Waals surface area contributed by atoms with Crippen LogP contribution in [0, 0.1) is 5.92 Å². The Hall–Kier alpha value is -2.04. The van der Waals surface area contributed by atoms with Crippen LogP contribution in [0.15, 0.2) is 53.6 Å². The number of benzene rings is 2. The molecule has 26 heavy (non-hydrogen) atoms. The molecule has 4 nitrogen and oxygen atoms in total. The lowest BCUT2D eigenvalue weighted by molar-refractivity contribution is -0.121. The van der Waals surface area contributed by atoms with Crippen molar-refractivity contribution in [3.8, 4) is 5.75 Å². The van der Waals surface area contributed by atoms with Crippen molar-refractivity contribution in [2.24, 2.45) is 11.0 Å². The number of nitrogens with one attached hydrogen (secondary N) is 1. The van der Waals surface area contributed by atoms with Crippen molar-refractivity contribution >= 4 is 34.8 Å². The van der Waals surface area contributed by atoms with Gasteiger partial charge in [0.1, 0.15) is 5.75 Å². The highest BCUT2D eigenvalue weighted by molar-refractivity contribution is 6.35. The van der Waals surface area contributed by atoms with Crippen molar-refractivity contribution in [1.29, 1.82) is 0 Å². The summed E-state index contributed by atoms with van der Waals surface area (Å²) in [6, 6.07) is 14.9. The largest absolute Gasteiger partial charge is 0.492 e. The number of carbonyl (C=O) groups excluding carboxylic acids is 1. The second-order valence-corrected chi connectivity index (χ2v) is 6.92. The molecule has 6 heteroatoms. The zero-order chi connectivity index (χ0) is 18.9. The summed E-state index contributed by atoms with van der Waals surface area (Å²) < 4.78 is 5.57. The van der Waals surface area contributed by atoms with Crippen LogP contribution in [0.4, 0.5) is 0 Å². The van der Waals surface area contributed by atoms with Gasteiger partial charge < -0.3 is 4.74 Å². The normalized spacial score (nSPS) is 11.5. The van der Waals surface area contributed by atoms with Crippen LogP contribution in [0.1, 0.15) is 32.3 Å². The minimum Gasteiger partial charge on any atom is -0.492 e. The van der Waals surface area contributed by atoms with Crippen LogP contribution in [-0.2, 0) is 4.79 Å². The van der Waals surface area contributed by atoms with Crippen LogP contribution >= 0.6 is 23.2 Å². The summed E-state index contributed by atoms with van der Waals surface area (Å²) in [5.41, 5.74) is 4.48. The minimum absolute atomic E-state index is 0.148. The highest BCUT2D eigenvalue weighted by atomic mass is 35.5. The van der Waals surface area contributed by atoms with E-state index in [1.807, 2.05) is 44.2 Å². The van der Waals surface area contributed by atoms with Gasteiger partial charge in [0.2, 0.25) is 5.91 Å². The average Bonchev–Trinajstić information content (AvgIpc) is 2.61. The number of ether oxygens (including phenoxy) is 1. The van der Waals surface area contributed by atoms with E-state index in [4.69, 9.17) is 27.9 Å². The standard InChI is InChI=1S/C20H22Cl2N2O2/c1-14(2)20(15-7-4-3-5-8-15)24-23-19(25)9-6-12-26-18-11-10-16(21)13-17(18)22/h3-5,7-8,10-11,13-14H,6,9,12H2,1-2H3,(H,23,25)/b24-20-. The van der Waals surface area contributed by atoms with E-state index < -0.39 is 0 Å². The van der Waals surface area contributed by atoms with Crippen molar-refractivity contribution in [2.75, 3.05) is 6.61 Å². The third kappa shape index (κ3) is 6.36. The second kappa shape index (κ2) is 10.2. The molecule has 0 aliphatic carbocycles. The zero-order valence-electron chi connectivity index (χ0n) is 14.8. The smallest absolute Gasteiger partial charge is 0.240 e. The first-order chi connectivity index (χ1) is 12.5. The number of amides is 1. The zero-order valence-corrected chi connectivity index (χ0v) is 16.3. The molecule has 0 atom stereocenters. The number of rotatable bonds is 8. The van der Waals surface area contributed by atoms with Gasteiger partial charge in [0, 0.05) is 11.4 Å². The van der Waals surface area contributed by atoms with Gasteiger partial charge in [0.25, 0.3) is 0 Å². The summed E-state index contributed by atoms with van der Waals surface area (Å²) in [5, 5.41) is 5.30. The van der Waals surface area contributed by atoms with Crippen LogP contribution in [0.3, 0.4) is 0 Å². The maximum atomic E-state index is 12.0. The molecule has 1 N–H and O–H groups in total.